The summed E-state index contributed by atoms with van der Waals surface area (Å²) in [6.45, 7) is 7.07. The Morgan fingerprint density at radius 3 is 2.55 bits per heavy atom. The summed E-state index contributed by atoms with van der Waals surface area (Å²) < 4.78 is 0. The number of benzene rings is 1. The largest absolute Gasteiger partial charge is 0.310 e. The molecule has 0 bridgehead atoms. The first-order chi connectivity index (χ1) is 9.83. The van der Waals surface area contributed by atoms with Crippen LogP contribution in [0.4, 0.5) is 0 Å². The molecule has 2 fully saturated rings. The Bertz CT molecular complexity index is 408. The molecule has 0 amide bonds. The fourth-order valence-corrected chi connectivity index (χ4v) is 3.20. The van der Waals surface area contributed by atoms with E-state index in [2.05, 4.69) is 41.4 Å². The SMILES string of the molecule is CCC1CCCN(Cc2ccc(CNC3CC3)cc2)C1. The Hall–Kier alpha value is -0.860. The molecule has 0 aromatic heterocycles. The van der Waals surface area contributed by atoms with Gasteiger partial charge in [0.2, 0.25) is 0 Å². The van der Waals surface area contributed by atoms with E-state index in [9.17, 15) is 0 Å². The van der Waals surface area contributed by atoms with Crippen molar-refractivity contribution in [2.75, 3.05) is 13.1 Å². The lowest BCUT2D eigenvalue weighted by molar-refractivity contribution is 0.165. The zero-order valence-electron chi connectivity index (χ0n) is 12.8. The Morgan fingerprint density at radius 2 is 1.85 bits per heavy atom. The fraction of sp³-hybridized carbons (Fsp3) is 0.667. The standard InChI is InChI=1S/C18H28N2/c1-2-15-4-3-11-20(13-15)14-17-7-5-16(6-8-17)12-19-18-9-10-18/h5-8,15,18-19H,2-4,9-14H2,1H3. The monoisotopic (exact) mass is 272 g/mol. The number of nitrogens with zero attached hydrogens (tertiary/aromatic N) is 1. The van der Waals surface area contributed by atoms with Crippen LogP contribution in [0.2, 0.25) is 0 Å². The van der Waals surface area contributed by atoms with Gasteiger partial charge in [-0.05, 0) is 49.3 Å². The van der Waals surface area contributed by atoms with Gasteiger partial charge in [0, 0.05) is 25.7 Å². The molecule has 110 valence electrons. The lowest BCUT2D eigenvalue weighted by Gasteiger charge is -2.32. The number of nitrogens with one attached hydrogen (secondary N) is 1. The average molecular weight is 272 g/mol. The third kappa shape index (κ3) is 4.07. The van der Waals surface area contributed by atoms with E-state index in [1.165, 1.54) is 56.3 Å². The van der Waals surface area contributed by atoms with Crippen molar-refractivity contribution in [2.24, 2.45) is 5.92 Å². The van der Waals surface area contributed by atoms with Gasteiger partial charge in [-0.1, -0.05) is 37.6 Å². The first kappa shape index (κ1) is 14.1. The molecule has 2 aliphatic rings. The number of hydrogen-bond acceptors (Lipinski definition) is 2. The molecule has 1 aliphatic heterocycles. The summed E-state index contributed by atoms with van der Waals surface area (Å²) in [5.74, 6) is 0.922. The van der Waals surface area contributed by atoms with E-state index in [1.807, 2.05) is 0 Å². The molecule has 0 radical (unpaired) electrons. The van der Waals surface area contributed by atoms with Gasteiger partial charge >= 0.3 is 0 Å². The highest BCUT2D eigenvalue weighted by Crippen LogP contribution is 2.21. The van der Waals surface area contributed by atoms with Crippen LogP contribution in [0.25, 0.3) is 0 Å². The lowest BCUT2D eigenvalue weighted by atomic mass is 9.95. The predicted octanol–water partition coefficient (Wildman–Crippen LogP) is 3.56. The van der Waals surface area contributed by atoms with Crippen LogP contribution in [-0.2, 0) is 13.1 Å². The van der Waals surface area contributed by atoms with Crippen molar-refractivity contribution < 1.29 is 0 Å². The first-order valence-electron chi connectivity index (χ1n) is 8.37. The normalized spacial score (nSPS) is 23.9. The number of hydrogen-bond donors (Lipinski definition) is 1. The van der Waals surface area contributed by atoms with E-state index in [4.69, 9.17) is 0 Å². The van der Waals surface area contributed by atoms with Crippen LogP contribution in [-0.4, -0.2) is 24.0 Å². The Balaban J connectivity index is 1.49. The van der Waals surface area contributed by atoms with Crippen molar-refractivity contribution in [2.45, 2.75) is 58.2 Å². The van der Waals surface area contributed by atoms with Crippen molar-refractivity contribution in [1.29, 1.82) is 0 Å². The van der Waals surface area contributed by atoms with Crippen LogP contribution in [0, 0.1) is 5.92 Å². The second-order valence-corrected chi connectivity index (χ2v) is 6.62. The minimum absolute atomic E-state index is 0.800. The molecule has 1 aromatic carbocycles. The quantitative estimate of drug-likeness (QED) is 0.852. The van der Waals surface area contributed by atoms with Crippen LogP contribution in [0.5, 0.6) is 0 Å². The minimum Gasteiger partial charge on any atom is -0.310 e. The van der Waals surface area contributed by atoms with Crippen LogP contribution < -0.4 is 5.32 Å². The second kappa shape index (κ2) is 6.73. The first-order valence-corrected chi connectivity index (χ1v) is 8.37. The maximum atomic E-state index is 3.58. The molecule has 1 saturated heterocycles. The maximum Gasteiger partial charge on any atom is 0.0233 e. The topological polar surface area (TPSA) is 15.3 Å². The van der Waals surface area contributed by atoms with E-state index >= 15 is 0 Å². The molecule has 1 unspecified atom stereocenters. The van der Waals surface area contributed by atoms with E-state index in [1.54, 1.807) is 0 Å². The van der Waals surface area contributed by atoms with Crippen LogP contribution >= 0.6 is 0 Å². The smallest absolute Gasteiger partial charge is 0.0233 e. The number of rotatable bonds is 6. The van der Waals surface area contributed by atoms with Gasteiger partial charge in [-0.25, -0.2) is 0 Å². The third-order valence-corrected chi connectivity index (χ3v) is 4.78. The Morgan fingerprint density at radius 1 is 1.10 bits per heavy atom. The summed E-state index contributed by atoms with van der Waals surface area (Å²) in [4.78, 5) is 2.63. The molecule has 2 nitrogen and oxygen atoms in total. The van der Waals surface area contributed by atoms with Crippen molar-refractivity contribution in [3.63, 3.8) is 0 Å². The van der Waals surface area contributed by atoms with Gasteiger partial charge in [0.15, 0.2) is 0 Å². The second-order valence-electron chi connectivity index (χ2n) is 6.62. The highest BCUT2D eigenvalue weighted by molar-refractivity contribution is 5.22. The zero-order valence-corrected chi connectivity index (χ0v) is 12.8. The van der Waals surface area contributed by atoms with Crippen LogP contribution in [0.1, 0.15) is 50.2 Å². The van der Waals surface area contributed by atoms with Crippen LogP contribution in [0.15, 0.2) is 24.3 Å². The fourth-order valence-electron chi connectivity index (χ4n) is 3.20. The molecule has 1 saturated carbocycles. The van der Waals surface area contributed by atoms with Gasteiger partial charge in [-0.15, -0.1) is 0 Å². The van der Waals surface area contributed by atoms with E-state index < -0.39 is 0 Å². The molecule has 3 rings (SSSR count). The summed E-state index contributed by atoms with van der Waals surface area (Å²) in [6.07, 6.45) is 6.88. The summed E-state index contributed by atoms with van der Waals surface area (Å²) in [5, 5.41) is 3.58. The van der Waals surface area contributed by atoms with Gasteiger partial charge in [0.05, 0.1) is 0 Å². The van der Waals surface area contributed by atoms with Gasteiger partial charge < -0.3 is 5.32 Å². The van der Waals surface area contributed by atoms with Crippen molar-refractivity contribution >= 4 is 0 Å². The Kier molecular flexibility index (Phi) is 4.74. The molecule has 1 aromatic rings. The zero-order chi connectivity index (χ0) is 13.8. The molecular formula is C18H28N2. The average Bonchev–Trinajstić information content (AvgIpc) is 3.31. The molecule has 1 N–H and O–H groups in total. The molecule has 1 atom stereocenters. The maximum absolute atomic E-state index is 3.58. The van der Waals surface area contributed by atoms with Crippen molar-refractivity contribution in [1.82, 2.24) is 10.2 Å². The van der Waals surface area contributed by atoms with Gasteiger partial charge in [0.1, 0.15) is 0 Å². The summed E-state index contributed by atoms with van der Waals surface area (Å²) in [5.41, 5.74) is 2.89. The van der Waals surface area contributed by atoms with Crippen molar-refractivity contribution in [3.05, 3.63) is 35.4 Å². The molecule has 0 spiro atoms. The summed E-state index contributed by atoms with van der Waals surface area (Å²) in [7, 11) is 0. The summed E-state index contributed by atoms with van der Waals surface area (Å²) >= 11 is 0. The van der Waals surface area contributed by atoms with Gasteiger partial charge in [-0.2, -0.15) is 0 Å². The minimum atomic E-state index is 0.800. The number of likely N-dealkylation sites (tertiary alicyclic amines) is 1. The molecular weight excluding hydrogens is 244 g/mol. The lowest BCUT2D eigenvalue weighted by Crippen LogP contribution is -2.34. The third-order valence-electron chi connectivity index (χ3n) is 4.78. The van der Waals surface area contributed by atoms with E-state index in [0.717, 1.165) is 25.0 Å². The molecule has 1 heterocycles. The highest BCUT2D eigenvalue weighted by Gasteiger charge is 2.20. The van der Waals surface area contributed by atoms with E-state index in [-0.39, 0.29) is 0 Å². The molecule has 1 aliphatic carbocycles. The Labute approximate surface area is 123 Å². The van der Waals surface area contributed by atoms with Gasteiger partial charge in [-0.3, -0.25) is 4.90 Å². The molecule has 2 heteroatoms. The van der Waals surface area contributed by atoms with Crippen LogP contribution in [0.3, 0.4) is 0 Å². The number of piperidine rings is 1. The predicted molar refractivity (Wildman–Crippen MR) is 84.6 cm³/mol. The van der Waals surface area contributed by atoms with E-state index in [0.29, 0.717) is 0 Å². The highest BCUT2D eigenvalue weighted by atomic mass is 15.1. The van der Waals surface area contributed by atoms with Gasteiger partial charge in [0.25, 0.3) is 0 Å². The molecule has 20 heavy (non-hydrogen) atoms. The summed E-state index contributed by atoms with van der Waals surface area (Å²) in [6, 6.07) is 10.0. The van der Waals surface area contributed by atoms with Crippen molar-refractivity contribution in [3.8, 4) is 0 Å².